The first-order valence-corrected chi connectivity index (χ1v) is 8.78. The number of nitrogens with one attached hydrogen (secondary N) is 2. The van der Waals surface area contributed by atoms with Gasteiger partial charge in [-0.05, 0) is 18.6 Å². The van der Waals surface area contributed by atoms with Crippen LogP contribution in [0.5, 0.6) is 0 Å². The second-order valence-corrected chi connectivity index (χ2v) is 6.91. The van der Waals surface area contributed by atoms with Gasteiger partial charge < -0.3 is 15.4 Å². The van der Waals surface area contributed by atoms with Crippen LogP contribution in [0.25, 0.3) is 10.9 Å². The maximum absolute atomic E-state index is 12.5. The minimum absolute atomic E-state index is 0.000105. The molecule has 2 aromatic heterocycles. The quantitative estimate of drug-likeness (QED) is 0.651. The van der Waals surface area contributed by atoms with Crippen molar-refractivity contribution in [3.05, 3.63) is 47.4 Å². The molecule has 4 rings (SSSR count). The van der Waals surface area contributed by atoms with Gasteiger partial charge in [-0.2, -0.15) is 5.10 Å². The highest BCUT2D eigenvalue weighted by Gasteiger charge is 2.34. The van der Waals surface area contributed by atoms with Crippen molar-refractivity contribution in [3.8, 4) is 0 Å². The molecule has 3 N–H and O–H groups in total. The lowest BCUT2D eigenvalue weighted by Crippen LogP contribution is -2.48. The largest absolute Gasteiger partial charge is 0.480 e. The van der Waals surface area contributed by atoms with Gasteiger partial charge in [-0.3, -0.25) is 19.2 Å². The van der Waals surface area contributed by atoms with E-state index >= 15 is 0 Å². The number of amides is 1. The van der Waals surface area contributed by atoms with Gasteiger partial charge in [-0.25, -0.2) is 0 Å². The van der Waals surface area contributed by atoms with Crippen LogP contribution >= 0.6 is 0 Å². The Kier molecular flexibility index (Phi) is 4.19. The average Bonchev–Trinajstić information content (AvgIpc) is 3.15. The number of hydrogen-bond donors (Lipinski definition) is 3. The van der Waals surface area contributed by atoms with E-state index < -0.39 is 12.0 Å². The van der Waals surface area contributed by atoms with Crippen LogP contribution in [0.3, 0.4) is 0 Å². The molecular formula is C19H21N5O3. The van der Waals surface area contributed by atoms with Crippen molar-refractivity contribution >= 4 is 28.5 Å². The van der Waals surface area contributed by atoms with Gasteiger partial charge in [0, 0.05) is 36.6 Å². The first-order chi connectivity index (χ1) is 12.9. The van der Waals surface area contributed by atoms with Crippen LogP contribution in [0.4, 0.5) is 5.69 Å². The predicted molar refractivity (Wildman–Crippen MR) is 100 cm³/mol. The van der Waals surface area contributed by atoms with Crippen molar-refractivity contribution in [3.63, 3.8) is 0 Å². The molecule has 1 aromatic carbocycles. The Morgan fingerprint density at radius 2 is 2.15 bits per heavy atom. The summed E-state index contributed by atoms with van der Waals surface area (Å²) >= 11 is 0. The molecule has 0 saturated heterocycles. The van der Waals surface area contributed by atoms with E-state index in [4.69, 9.17) is 0 Å². The van der Waals surface area contributed by atoms with Crippen molar-refractivity contribution in [1.82, 2.24) is 19.7 Å². The Labute approximate surface area is 155 Å². The molecule has 3 heterocycles. The fourth-order valence-electron chi connectivity index (χ4n) is 3.66. The van der Waals surface area contributed by atoms with E-state index in [9.17, 15) is 14.7 Å². The van der Waals surface area contributed by atoms with E-state index in [1.54, 1.807) is 22.8 Å². The van der Waals surface area contributed by atoms with Gasteiger partial charge in [0.25, 0.3) is 0 Å². The summed E-state index contributed by atoms with van der Waals surface area (Å²) in [6.07, 6.45) is 1.96. The number of para-hydroxylation sites is 1. The highest BCUT2D eigenvalue weighted by Crippen LogP contribution is 2.30. The number of rotatable bonds is 4. The van der Waals surface area contributed by atoms with Crippen molar-refractivity contribution in [2.45, 2.75) is 25.9 Å². The van der Waals surface area contributed by atoms with E-state index in [1.165, 1.54) is 0 Å². The second-order valence-electron chi connectivity index (χ2n) is 6.91. The summed E-state index contributed by atoms with van der Waals surface area (Å²) in [5.41, 5.74) is 4.47. The van der Waals surface area contributed by atoms with Crippen LogP contribution < -0.4 is 5.32 Å². The number of benzene rings is 1. The summed E-state index contributed by atoms with van der Waals surface area (Å²) in [5.74, 6) is -1.17. The molecule has 1 atom stereocenters. The molecule has 1 aliphatic rings. The Balaban J connectivity index is 1.57. The molecule has 8 heteroatoms. The molecule has 1 amide bonds. The fraction of sp³-hybridized carbons (Fsp3) is 0.316. The number of aliphatic carboxylic acids is 1. The highest BCUT2D eigenvalue weighted by molar-refractivity contribution is 5.93. The minimum Gasteiger partial charge on any atom is -0.480 e. The minimum atomic E-state index is -0.920. The molecule has 0 bridgehead atoms. The molecule has 1 unspecified atom stereocenters. The third-order valence-corrected chi connectivity index (χ3v) is 5.24. The Morgan fingerprint density at radius 3 is 2.85 bits per heavy atom. The van der Waals surface area contributed by atoms with Crippen LogP contribution in [0.2, 0.25) is 0 Å². The van der Waals surface area contributed by atoms with Crippen LogP contribution in [0.1, 0.15) is 17.0 Å². The van der Waals surface area contributed by atoms with Gasteiger partial charge in [-0.15, -0.1) is 0 Å². The molecule has 0 radical (unpaired) electrons. The van der Waals surface area contributed by atoms with E-state index in [-0.39, 0.29) is 12.5 Å². The third kappa shape index (κ3) is 3.08. The molecular weight excluding hydrogens is 346 g/mol. The smallest absolute Gasteiger partial charge is 0.321 e. The lowest BCUT2D eigenvalue weighted by atomic mass is 9.96. The van der Waals surface area contributed by atoms with E-state index in [2.05, 4.69) is 15.4 Å². The van der Waals surface area contributed by atoms with Gasteiger partial charge >= 0.3 is 5.97 Å². The Bertz CT molecular complexity index is 1040. The zero-order valence-corrected chi connectivity index (χ0v) is 15.2. The number of aromatic nitrogens is 3. The number of carbonyl (C=O) groups is 2. The van der Waals surface area contributed by atoms with Gasteiger partial charge in [-0.1, -0.05) is 18.2 Å². The number of aromatic amines is 1. The number of nitrogens with zero attached hydrogens (tertiary/aromatic N) is 3. The molecule has 0 fully saturated rings. The van der Waals surface area contributed by atoms with E-state index in [0.29, 0.717) is 18.7 Å². The van der Waals surface area contributed by atoms with E-state index in [0.717, 1.165) is 27.9 Å². The Morgan fingerprint density at radius 1 is 1.37 bits per heavy atom. The summed E-state index contributed by atoms with van der Waals surface area (Å²) in [7, 11) is 1.80. The maximum atomic E-state index is 12.5. The van der Waals surface area contributed by atoms with Crippen molar-refractivity contribution in [1.29, 1.82) is 0 Å². The first-order valence-electron chi connectivity index (χ1n) is 8.78. The Hall–Kier alpha value is -3.13. The predicted octanol–water partition coefficient (Wildman–Crippen LogP) is 1.66. The second kappa shape index (κ2) is 6.55. The molecule has 1 aliphatic heterocycles. The number of aryl methyl sites for hydroxylation is 1. The number of fused-ring (bicyclic) bond motifs is 3. The standard InChI is InChI=1S/C19H21N5O3/c1-11-15(8-20-23(11)2)22-18(25)10-24-9-16-13(7-17(24)19(26)27)12-5-3-4-6-14(12)21-16/h3-6,8,17,21H,7,9-10H2,1-2H3,(H,22,25)(H,26,27). The molecule has 27 heavy (non-hydrogen) atoms. The number of anilines is 1. The summed E-state index contributed by atoms with van der Waals surface area (Å²) in [6, 6.07) is 7.13. The van der Waals surface area contributed by atoms with Crippen LogP contribution in [0, 0.1) is 6.92 Å². The average molecular weight is 367 g/mol. The van der Waals surface area contributed by atoms with Crippen LogP contribution in [0.15, 0.2) is 30.5 Å². The van der Waals surface area contributed by atoms with Crippen molar-refractivity contribution in [2.24, 2.45) is 7.05 Å². The maximum Gasteiger partial charge on any atom is 0.321 e. The monoisotopic (exact) mass is 367 g/mol. The van der Waals surface area contributed by atoms with Crippen LogP contribution in [-0.4, -0.2) is 49.2 Å². The van der Waals surface area contributed by atoms with Crippen molar-refractivity contribution < 1.29 is 14.7 Å². The topological polar surface area (TPSA) is 103 Å². The summed E-state index contributed by atoms with van der Waals surface area (Å²) in [6.45, 7) is 2.25. The van der Waals surface area contributed by atoms with Gasteiger partial charge in [0.2, 0.25) is 5.91 Å². The SMILES string of the molecule is Cc1c(NC(=O)CN2Cc3[nH]c4ccccc4c3CC2C(=O)O)cnn1C. The number of carboxylic acid groups (broad SMARTS) is 1. The number of hydrogen-bond acceptors (Lipinski definition) is 4. The third-order valence-electron chi connectivity index (χ3n) is 5.24. The zero-order chi connectivity index (χ0) is 19.1. The lowest BCUT2D eigenvalue weighted by molar-refractivity contribution is -0.144. The van der Waals surface area contributed by atoms with E-state index in [1.807, 2.05) is 31.2 Å². The number of H-pyrrole nitrogens is 1. The van der Waals surface area contributed by atoms with Gasteiger partial charge in [0.15, 0.2) is 0 Å². The molecule has 0 spiro atoms. The summed E-state index contributed by atoms with van der Waals surface area (Å²) in [4.78, 5) is 29.4. The highest BCUT2D eigenvalue weighted by atomic mass is 16.4. The molecule has 3 aromatic rings. The normalized spacial score (nSPS) is 17.0. The fourth-order valence-corrected chi connectivity index (χ4v) is 3.66. The summed E-state index contributed by atoms with van der Waals surface area (Å²) in [5, 5.41) is 17.7. The molecule has 0 saturated carbocycles. The van der Waals surface area contributed by atoms with Gasteiger partial charge in [0.05, 0.1) is 24.1 Å². The van der Waals surface area contributed by atoms with Crippen LogP contribution in [-0.2, 0) is 29.6 Å². The zero-order valence-electron chi connectivity index (χ0n) is 15.2. The van der Waals surface area contributed by atoms with Crippen molar-refractivity contribution in [2.75, 3.05) is 11.9 Å². The first kappa shape index (κ1) is 17.3. The summed E-state index contributed by atoms with van der Waals surface area (Å²) < 4.78 is 1.67. The lowest BCUT2D eigenvalue weighted by Gasteiger charge is -2.32. The number of carboxylic acids is 1. The number of carbonyl (C=O) groups excluding carboxylic acids is 1. The molecule has 0 aliphatic carbocycles. The van der Waals surface area contributed by atoms with Gasteiger partial charge in [0.1, 0.15) is 6.04 Å². The molecule has 8 nitrogen and oxygen atoms in total. The molecule has 140 valence electrons.